The number of aryl methyl sites for hydroxylation is 2. The molecule has 98 valence electrons. The van der Waals surface area contributed by atoms with Gasteiger partial charge < -0.3 is 10.6 Å². The summed E-state index contributed by atoms with van der Waals surface area (Å²) >= 11 is 1.91. The minimum absolute atomic E-state index is 0.750. The predicted octanol–water partition coefficient (Wildman–Crippen LogP) is 3.09. The van der Waals surface area contributed by atoms with Gasteiger partial charge in [0.2, 0.25) is 0 Å². The molecule has 1 aromatic rings. The van der Waals surface area contributed by atoms with Crippen molar-refractivity contribution >= 4 is 11.3 Å². The van der Waals surface area contributed by atoms with Gasteiger partial charge in [-0.3, -0.25) is 0 Å². The van der Waals surface area contributed by atoms with Gasteiger partial charge in [-0.2, -0.15) is 0 Å². The van der Waals surface area contributed by atoms with Crippen LogP contribution < -0.4 is 10.6 Å². The fourth-order valence-corrected chi connectivity index (χ4v) is 2.70. The monoisotopic (exact) mass is 254 g/mol. The summed E-state index contributed by atoms with van der Waals surface area (Å²) in [4.78, 5) is 2.90. The van der Waals surface area contributed by atoms with E-state index in [0.29, 0.717) is 0 Å². The van der Waals surface area contributed by atoms with E-state index in [9.17, 15) is 0 Å². The van der Waals surface area contributed by atoms with Gasteiger partial charge in [0.05, 0.1) is 0 Å². The van der Waals surface area contributed by atoms with Crippen LogP contribution in [-0.4, -0.2) is 19.6 Å². The molecular weight excluding hydrogens is 228 g/mol. The lowest BCUT2D eigenvalue weighted by atomic mass is 10.2. The smallest absolute Gasteiger partial charge is 0.0299 e. The molecule has 1 rings (SSSR count). The van der Waals surface area contributed by atoms with Gasteiger partial charge in [0.15, 0.2) is 0 Å². The molecule has 0 bridgehead atoms. The highest BCUT2D eigenvalue weighted by Gasteiger charge is 2.00. The number of rotatable bonds is 8. The summed E-state index contributed by atoms with van der Waals surface area (Å²) in [5, 5.41) is 6.96. The Labute approximate surface area is 110 Å². The summed E-state index contributed by atoms with van der Waals surface area (Å²) in [5.74, 6) is 0.750. The van der Waals surface area contributed by atoms with E-state index in [1.807, 2.05) is 11.3 Å². The molecule has 0 radical (unpaired) electrons. The lowest BCUT2D eigenvalue weighted by Gasteiger charge is -2.07. The van der Waals surface area contributed by atoms with Gasteiger partial charge in [-0.05, 0) is 57.5 Å². The molecule has 0 atom stereocenters. The number of hydrogen-bond acceptors (Lipinski definition) is 3. The minimum atomic E-state index is 0.750. The van der Waals surface area contributed by atoms with Crippen molar-refractivity contribution in [2.45, 2.75) is 40.7 Å². The summed E-state index contributed by atoms with van der Waals surface area (Å²) < 4.78 is 0. The average Bonchev–Trinajstić information content (AvgIpc) is 2.56. The summed E-state index contributed by atoms with van der Waals surface area (Å²) in [7, 11) is 0. The first kappa shape index (κ1) is 14.7. The molecule has 0 amide bonds. The highest BCUT2D eigenvalue weighted by molar-refractivity contribution is 7.12. The molecule has 0 saturated carbocycles. The van der Waals surface area contributed by atoms with Crippen LogP contribution in [0.1, 0.15) is 35.6 Å². The second-order valence-electron chi connectivity index (χ2n) is 5.08. The van der Waals surface area contributed by atoms with Crippen LogP contribution in [0.3, 0.4) is 0 Å². The van der Waals surface area contributed by atoms with Gasteiger partial charge >= 0.3 is 0 Å². The molecular formula is C14H26N2S. The number of thiophene rings is 1. The van der Waals surface area contributed by atoms with Crippen molar-refractivity contribution in [3.05, 3.63) is 21.4 Å². The van der Waals surface area contributed by atoms with E-state index >= 15 is 0 Å². The molecule has 0 fully saturated rings. The molecule has 0 saturated heterocycles. The van der Waals surface area contributed by atoms with Crippen molar-refractivity contribution in [3.8, 4) is 0 Å². The molecule has 2 N–H and O–H groups in total. The first-order chi connectivity index (χ1) is 8.09. The van der Waals surface area contributed by atoms with E-state index in [4.69, 9.17) is 0 Å². The van der Waals surface area contributed by atoms with E-state index < -0.39 is 0 Å². The third kappa shape index (κ3) is 6.20. The van der Waals surface area contributed by atoms with Crippen molar-refractivity contribution in [2.24, 2.45) is 5.92 Å². The summed E-state index contributed by atoms with van der Waals surface area (Å²) in [6.07, 6.45) is 1.20. The fraction of sp³-hybridized carbons (Fsp3) is 0.714. The fourth-order valence-electron chi connectivity index (χ4n) is 1.68. The SMILES string of the molecule is Cc1cc(CNCCCNCC(C)C)sc1C. The van der Waals surface area contributed by atoms with Gasteiger partial charge in [0.25, 0.3) is 0 Å². The molecule has 3 heteroatoms. The number of hydrogen-bond donors (Lipinski definition) is 2. The molecule has 1 heterocycles. The largest absolute Gasteiger partial charge is 0.316 e. The van der Waals surface area contributed by atoms with Crippen molar-refractivity contribution in [2.75, 3.05) is 19.6 Å². The number of nitrogens with one attached hydrogen (secondary N) is 2. The highest BCUT2D eigenvalue weighted by Crippen LogP contribution is 2.19. The predicted molar refractivity (Wildman–Crippen MR) is 77.8 cm³/mol. The van der Waals surface area contributed by atoms with Crippen molar-refractivity contribution < 1.29 is 0 Å². The van der Waals surface area contributed by atoms with E-state index in [0.717, 1.165) is 32.1 Å². The zero-order valence-electron chi connectivity index (χ0n) is 11.6. The van der Waals surface area contributed by atoms with Crippen LogP contribution >= 0.6 is 11.3 Å². The highest BCUT2D eigenvalue weighted by atomic mass is 32.1. The van der Waals surface area contributed by atoms with Crippen LogP contribution in [0.15, 0.2) is 6.07 Å². The van der Waals surface area contributed by atoms with Gasteiger partial charge in [-0.1, -0.05) is 13.8 Å². The van der Waals surface area contributed by atoms with E-state index in [1.54, 1.807) is 0 Å². The topological polar surface area (TPSA) is 24.1 Å². The van der Waals surface area contributed by atoms with Crippen LogP contribution in [0.5, 0.6) is 0 Å². The third-order valence-corrected chi connectivity index (χ3v) is 3.93. The maximum absolute atomic E-state index is 3.50. The Morgan fingerprint density at radius 1 is 1.18 bits per heavy atom. The van der Waals surface area contributed by atoms with E-state index in [-0.39, 0.29) is 0 Å². The van der Waals surface area contributed by atoms with Gasteiger partial charge in [-0.15, -0.1) is 11.3 Å². The second-order valence-corrected chi connectivity index (χ2v) is 6.42. The molecule has 0 aromatic carbocycles. The van der Waals surface area contributed by atoms with Crippen molar-refractivity contribution in [3.63, 3.8) is 0 Å². The Balaban J connectivity index is 2.01. The molecule has 0 unspecified atom stereocenters. The zero-order chi connectivity index (χ0) is 12.7. The second kappa shape index (κ2) is 7.85. The Morgan fingerprint density at radius 2 is 1.88 bits per heavy atom. The Hall–Kier alpha value is -0.380. The van der Waals surface area contributed by atoms with Crippen LogP contribution in [0, 0.1) is 19.8 Å². The Bertz CT molecular complexity index is 299. The first-order valence-corrected chi connectivity index (χ1v) is 7.38. The average molecular weight is 254 g/mol. The normalized spacial score (nSPS) is 11.4. The molecule has 0 aliphatic heterocycles. The molecule has 0 spiro atoms. The minimum Gasteiger partial charge on any atom is -0.316 e. The lowest BCUT2D eigenvalue weighted by Crippen LogP contribution is -2.24. The van der Waals surface area contributed by atoms with E-state index in [2.05, 4.69) is 44.4 Å². The van der Waals surface area contributed by atoms with Gasteiger partial charge in [0.1, 0.15) is 0 Å². The van der Waals surface area contributed by atoms with Crippen LogP contribution in [-0.2, 0) is 6.54 Å². The van der Waals surface area contributed by atoms with Crippen LogP contribution in [0.25, 0.3) is 0 Å². The van der Waals surface area contributed by atoms with Gasteiger partial charge in [-0.25, -0.2) is 0 Å². The van der Waals surface area contributed by atoms with Crippen molar-refractivity contribution in [1.82, 2.24) is 10.6 Å². The maximum Gasteiger partial charge on any atom is 0.0299 e. The first-order valence-electron chi connectivity index (χ1n) is 6.57. The van der Waals surface area contributed by atoms with Crippen LogP contribution in [0.2, 0.25) is 0 Å². The van der Waals surface area contributed by atoms with Crippen LogP contribution in [0.4, 0.5) is 0 Å². The molecule has 17 heavy (non-hydrogen) atoms. The molecule has 0 aliphatic carbocycles. The quantitative estimate of drug-likeness (QED) is 0.697. The zero-order valence-corrected chi connectivity index (χ0v) is 12.4. The summed E-state index contributed by atoms with van der Waals surface area (Å²) in [5.41, 5.74) is 1.42. The third-order valence-electron chi connectivity index (χ3n) is 2.78. The van der Waals surface area contributed by atoms with Crippen molar-refractivity contribution in [1.29, 1.82) is 0 Å². The Morgan fingerprint density at radius 3 is 2.47 bits per heavy atom. The van der Waals surface area contributed by atoms with E-state index in [1.165, 1.54) is 21.7 Å². The van der Waals surface area contributed by atoms with Gasteiger partial charge in [0, 0.05) is 16.3 Å². The molecule has 1 aromatic heterocycles. The Kier molecular flexibility index (Phi) is 6.78. The molecule has 0 aliphatic rings. The lowest BCUT2D eigenvalue weighted by molar-refractivity contribution is 0.531. The summed E-state index contributed by atoms with van der Waals surface area (Å²) in [6, 6.07) is 2.30. The molecule has 2 nitrogen and oxygen atoms in total. The maximum atomic E-state index is 3.50. The standard InChI is InChI=1S/C14H26N2S/c1-11(2)9-15-6-5-7-16-10-14-8-12(3)13(4)17-14/h8,11,15-16H,5-7,9-10H2,1-4H3. The summed E-state index contributed by atoms with van der Waals surface area (Å²) in [6.45, 7) is 13.2.